The van der Waals surface area contributed by atoms with Crippen molar-refractivity contribution < 1.29 is 9.47 Å². The Morgan fingerprint density at radius 2 is 1.80 bits per heavy atom. The smallest absolute Gasteiger partial charge is 0.182 e. The third-order valence-electron chi connectivity index (χ3n) is 3.00. The van der Waals surface area contributed by atoms with Gasteiger partial charge in [-0.1, -0.05) is 6.92 Å². The molecule has 0 bridgehead atoms. The summed E-state index contributed by atoms with van der Waals surface area (Å²) >= 11 is 5.35. The first-order chi connectivity index (χ1) is 9.71. The number of hydrogen-bond donors (Lipinski definition) is 1. The number of benzene rings is 1. The van der Waals surface area contributed by atoms with Crippen LogP contribution in [0.15, 0.2) is 24.4 Å². The van der Waals surface area contributed by atoms with Crippen LogP contribution >= 0.6 is 12.2 Å². The molecule has 0 amide bonds. The van der Waals surface area contributed by atoms with E-state index in [2.05, 4.69) is 11.9 Å². The molecule has 1 aromatic heterocycles. The van der Waals surface area contributed by atoms with Gasteiger partial charge in [0, 0.05) is 18.0 Å². The van der Waals surface area contributed by atoms with Gasteiger partial charge >= 0.3 is 0 Å². The first-order valence-corrected chi connectivity index (χ1v) is 7.31. The molecule has 1 heterocycles. The summed E-state index contributed by atoms with van der Waals surface area (Å²) in [5, 5.41) is 0. The lowest BCUT2D eigenvalue weighted by Gasteiger charge is -2.14. The number of imidazole rings is 1. The average molecular weight is 292 g/mol. The number of ether oxygens (including phenoxy) is 2. The lowest BCUT2D eigenvalue weighted by atomic mass is 10.2. The highest BCUT2D eigenvalue weighted by atomic mass is 32.1. The van der Waals surface area contributed by atoms with Crippen LogP contribution in [0.25, 0.3) is 5.69 Å². The van der Waals surface area contributed by atoms with Gasteiger partial charge in [0.25, 0.3) is 0 Å². The van der Waals surface area contributed by atoms with Crippen LogP contribution < -0.4 is 9.47 Å². The van der Waals surface area contributed by atoms with Crippen LogP contribution in [0.2, 0.25) is 0 Å². The zero-order valence-corrected chi connectivity index (χ0v) is 12.9. The van der Waals surface area contributed by atoms with Crippen LogP contribution in [-0.2, 0) is 6.42 Å². The summed E-state index contributed by atoms with van der Waals surface area (Å²) in [6.07, 6.45) is 2.85. The molecule has 1 N–H and O–H groups in total. The molecule has 0 atom stereocenters. The molecule has 0 fully saturated rings. The van der Waals surface area contributed by atoms with Gasteiger partial charge in [-0.3, -0.25) is 4.57 Å². The standard InChI is InChI=1S/C15H20N2O2S/c1-4-11-10-16-15(20)17(11)12-7-8-13(18-5-2)14(9-12)19-6-3/h7-10H,4-6H2,1-3H3,(H,16,20). The molecule has 4 nitrogen and oxygen atoms in total. The molecule has 5 heteroatoms. The second-order valence-corrected chi connectivity index (χ2v) is 4.66. The van der Waals surface area contributed by atoms with Crippen LogP contribution in [0, 0.1) is 4.77 Å². The number of nitrogens with one attached hydrogen (secondary N) is 1. The minimum atomic E-state index is 0.600. The molecule has 0 saturated heterocycles. The monoisotopic (exact) mass is 292 g/mol. The molecule has 0 aliphatic rings. The van der Waals surface area contributed by atoms with Gasteiger partial charge in [0.05, 0.1) is 18.9 Å². The predicted octanol–water partition coefficient (Wildman–Crippen LogP) is 3.89. The number of aromatic amines is 1. The van der Waals surface area contributed by atoms with Gasteiger partial charge in [0.2, 0.25) is 0 Å². The molecule has 0 aliphatic heterocycles. The van der Waals surface area contributed by atoms with Crippen molar-refractivity contribution in [3.8, 4) is 17.2 Å². The van der Waals surface area contributed by atoms with Gasteiger partial charge in [-0.15, -0.1) is 0 Å². The molecule has 0 radical (unpaired) electrons. The van der Waals surface area contributed by atoms with Crippen molar-refractivity contribution in [2.24, 2.45) is 0 Å². The second-order valence-electron chi connectivity index (χ2n) is 4.27. The maximum atomic E-state index is 5.66. The lowest BCUT2D eigenvalue weighted by molar-refractivity contribution is 0.287. The van der Waals surface area contributed by atoms with Crippen molar-refractivity contribution in [2.45, 2.75) is 27.2 Å². The van der Waals surface area contributed by atoms with E-state index in [1.54, 1.807) is 0 Å². The molecule has 2 rings (SSSR count). The molecular weight excluding hydrogens is 272 g/mol. The van der Waals surface area contributed by atoms with Gasteiger partial charge in [-0.25, -0.2) is 0 Å². The fourth-order valence-electron chi connectivity index (χ4n) is 2.13. The topological polar surface area (TPSA) is 39.2 Å². The van der Waals surface area contributed by atoms with Gasteiger partial charge < -0.3 is 14.5 Å². The van der Waals surface area contributed by atoms with Crippen LogP contribution in [-0.4, -0.2) is 22.8 Å². The molecule has 0 spiro atoms. The predicted molar refractivity (Wildman–Crippen MR) is 82.7 cm³/mol. The molecule has 0 unspecified atom stereocenters. The van der Waals surface area contributed by atoms with E-state index in [9.17, 15) is 0 Å². The first kappa shape index (κ1) is 14.7. The van der Waals surface area contributed by atoms with E-state index in [4.69, 9.17) is 21.7 Å². The largest absolute Gasteiger partial charge is 0.490 e. The maximum absolute atomic E-state index is 5.66. The molecule has 1 aromatic carbocycles. The summed E-state index contributed by atoms with van der Waals surface area (Å²) in [6.45, 7) is 7.24. The van der Waals surface area contributed by atoms with Crippen molar-refractivity contribution in [3.05, 3.63) is 34.9 Å². The Morgan fingerprint density at radius 1 is 1.10 bits per heavy atom. The SMILES string of the molecule is CCOc1ccc(-n2c(CC)c[nH]c2=S)cc1OCC. The van der Waals surface area contributed by atoms with Gasteiger partial charge in [-0.2, -0.15) is 0 Å². The maximum Gasteiger partial charge on any atom is 0.182 e. The van der Waals surface area contributed by atoms with Crippen molar-refractivity contribution in [1.29, 1.82) is 0 Å². The summed E-state index contributed by atoms with van der Waals surface area (Å²) < 4.78 is 13.9. The third-order valence-corrected chi connectivity index (χ3v) is 3.30. The second kappa shape index (κ2) is 6.61. The first-order valence-electron chi connectivity index (χ1n) is 6.90. The zero-order chi connectivity index (χ0) is 14.5. The van der Waals surface area contributed by atoms with Crippen LogP contribution in [0.4, 0.5) is 0 Å². The van der Waals surface area contributed by atoms with Gasteiger partial charge in [0.15, 0.2) is 16.3 Å². The van der Waals surface area contributed by atoms with E-state index in [0.29, 0.717) is 18.0 Å². The van der Waals surface area contributed by atoms with Crippen molar-refractivity contribution in [3.63, 3.8) is 0 Å². The Morgan fingerprint density at radius 3 is 2.45 bits per heavy atom. The Labute approximate surface area is 124 Å². The number of rotatable bonds is 6. The number of H-pyrrole nitrogens is 1. The summed E-state index contributed by atoms with van der Waals surface area (Å²) in [5.41, 5.74) is 2.13. The van der Waals surface area contributed by atoms with Gasteiger partial charge in [0.1, 0.15) is 0 Å². The van der Waals surface area contributed by atoms with Gasteiger partial charge in [-0.05, 0) is 44.6 Å². The molecule has 0 saturated carbocycles. The highest BCUT2D eigenvalue weighted by molar-refractivity contribution is 7.71. The highest BCUT2D eigenvalue weighted by Gasteiger charge is 2.10. The minimum absolute atomic E-state index is 0.600. The summed E-state index contributed by atoms with van der Waals surface area (Å²) in [4.78, 5) is 3.08. The van der Waals surface area contributed by atoms with E-state index in [1.165, 1.54) is 0 Å². The third kappa shape index (κ3) is 2.88. The molecular formula is C15H20N2O2S. The van der Waals surface area contributed by atoms with E-state index >= 15 is 0 Å². The highest BCUT2D eigenvalue weighted by Crippen LogP contribution is 2.30. The Hall–Kier alpha value is -1.75. The number of nitrogens with zero attached hydrogens (tertiary/aromatic N) is 1. The van der Waals surface area contributed by atoms with Crippen LogP contribution in [0.5, 0.6) is 11.5 Å². The van der Waals surface area contributed by atoms with Crippen molar-refractivity contribution in [1.82, 2.24) is 9.55 Å². The Balaban J connectivity index is 2.49. The van der Waals surface area contributed by atoms with Crippen molar-refractivity contribution in [2.75, 3.05) is 13.2 Å². The Kier molecular flexibility index (Phi) is 4.84. The summed E-state index contributed by atoms with van der Waals surface area (Å²) in [6, 6.07) is 5.89. The van der Waals surface area contributed by atoms with E-state index in [0.717, 1.165) is 29.3 Å². The number of aryl methyl sites for hydroxylation is 1. The van der Waals surface area contributed by atoms with Crippen LogP contribution in [0.1, 0.15) is 26.5 Å². The summed E-state index contributed by atoms with van der Waals surface area (Å²) in [7, 11) is 0. The molecule has 20 heavy (non-hydrogen) atoms. The fraction of sp³-hybridized carbons (Fsp3) is 0.400. The normalized spacial score (nSPS) is 10.6. The lowest BCUT2D eigenvalue weighted by Crippen LogP contribution is -2.02. The minimum Gasteiger partial charge on any atom is -0.490 e. The average Bonchev–Trinajstić information content (AvgIpc) is 2.82. The van der Waals surface area contributed by atoms with E-state index in [1.807, 2.05) is 42.8 Å². The molecule has 2 aromatic rings. The quantitative estimate of drug-likeness (QED) is 0.821. The Bertz CT molecular complexity index is 631. The van der Waals surface area contributed by atoms with Crippen LogP contribution in [0.3, 0.4) is 0 Å². The van der Waals surface area contributed by atoms with E-state index in [-0.39, 0.29) is 0 Å². The molecule has 108 valence electrons. The van der Waals surface area contributed by atoms with Crippen molar-refractivity contribution >= 4 is 12.2 Å². The van der Waals surface area contributed by atoms with E-state index < -0.39 is 0 Å². The fourth-order valence-corrected chi connectivity index (χ4v) is 2.41. The number of aromatic nitrogens is 2. The zero-order valence-electron chi connectivity index (χ0n) is 12.1. The number of hydrogen-bond acceptors (Lipinski definition) is 3. The molecule has 0 aliphatic carbocycles. The summed E-state index contributed by atoms with van der Waals surface area (Å²) in [5.74, 6) is 1.51.